The number of carboxylic acids is 1. The minimum Gasteiger partial charge on any atom is -0.478 e. The minimum absolute atomic E-state index is 0.130. The van der Waals surface area contributed by atoms with Crippen LogP contribution in [-0.4, -0.2) is 22.5 Å². The first-order chi connectivity index (χ1) is 8.49. The maximum Gasteiger partial charge on any atom is 0.337 e. The van der Waals surface area contributed by atoms with Crippen LogP contribution in [-0.2, 0) is 0 Å². The van der Waals surface area contributed by atoms with Crippen molar-refractivity contribution in [3.8, 4) is 6.19 Å². The highest BCUT2D eigenvalue weighted by atomic mass is 127. The molecule has 1 aromatic rings. The Labute approximate surface area is 122 Å². The van der Waals surface area contributed by atoms with Gasteiger partial charge >= 0.3 is 5.97 Å². The fourth-order valence-electron chi connectivity index (χ4n) is 1.32. The van der Waals surface area contributed by atoms with E-state index in [0.29, 0.717) is 10.9 Å². The van der Waals surface area contributed by atoms with Crippen molar-refractivity contribution < 1.29 is 9.90 Å². The number of nitrogens with one attached hydrogen (secondary N) is 1. The fourth-order valence-corrected chi connectivity index (χ4v) is 2.43. The van der Waals surface area contributed by atoms with E-state index in [1.807, 2.05) is 6.07 Å². The van der Waals surface area contributed by atoms with Gasteiger partial charge in [-0.2, -0.15) is 5.26 Å². The molecule has 0 aliphatic heterocycles. The number of nitriles is 1. The largest absolute Gasteiger partial charge is 0.478 e. The van der Waals surface area contributed by atoms with Gasteiger partial charge in [0.15, 0.2) is 11.4 Å². The summed E-state index contributed by atoms with van der Waals surface area (Å²) in [7, 11) is 0. The highest BCUT2D eigenvalue weighted by molar-refractivity contribution is 14.1. The number of aliphatic imine (C=N–C) groups is 1. The number of carboxylic acid groups (broad SMARTS) is 1. The molecule has 0 bridgehead atoms. The maximum absolute atomic E-state index is 11.2. The molecule has 0 aliphatic carbocycles. The van der Waals surface area contributed by atoms with Crippen molar-refractivity contribution in [3.05, 3.63) is 26.8 Å². The number of halogens is 1. The summed E-state index contributed by atoms with van der Waals surface area (Å²) in [6, 6.07) is 3.40. The Bertz CT molecular complexity index is 552. The lowest BCUT2D eigenvalue weighted by Crippen LogP contribution is -2.13. The van der Waals surface area contributed by atoms with Crippen LogP contribution in [0.15, 0.2) is 17.1 Å². The second-order valence-corrected chi connectivity index (χ2v) is 5.32. The zero-order valence-corrected chi connectivity index (χ0v) is 12.7. The van der Waals surface area contributed by atoms with Crippen LogP contribution in [0.25, 0.3) is 0 Å². The average molecular weight is 375 g/mol. The molecule has 7 heteroatoms. The Morgan fingerprint density at radius 2 is 2.28 bits per heavy atom. The summed E-state index contributed by atoms with van der Waals surface area (Å²) >= 11 is 3.30. The topological polar surface area (TPSA) is 85.5 Å². The summed E-state index contributed by atoms with van der Waals surface area (Å²) in [4.78, 5) is 15.4. The monoisotopic (exact) mass is 375 g/mol. The third-order valence-corrected chi connectivity index (χ3v) is 3.27. The Hall–Kier alpha value is -1.27. The molecule has 0 spiro atoms. The molecular weight excluding hydrogens is 365 g/mol. The van der Waals surface area contributed by atoms with Crippen molar-refractivity contribution in [1.82, 2.24) is 5.32 Å². The van der Waals surface area contributed by atoms with E-state index in [-0.39, 0.29) is 5.56 Å². The molecule has 2 N–H and O–H groups in total. The summed E-state index contributed by atoms with van der Waals surface area (Å²) in [5, 5.41) is 20.5. The van der Waals surface area contributed by atoms with Crippen molar-refractivity contribution in [2.75, 3.05) is 6.26 Å². The van der Waals surface area contributed by atoms with E-state index in [4.69, 9.17) is 10.4 Å². The number of hydrogen-bond donors (Lipinski definition) is 2. The van der Waals surface area contributed by atoms with Gasteiger partial charge in [-0.3, -0.25) is 5.32 Å². The molecular formula is C11H10IN3O2S. The van der Waals surface area contributed by atoms with E-state index >= 15 is 0 Å². The predicted octanol–water partition coefficient (Wildman–Crippen LogP) is 2.72. The number of rotatable bonds is 2. The van der Waals surface area contributed by atoms with Crippen LogP contribution in [0.3, 0.4) is 0 Å². The van der Waals surface area contributed by atoms with Crippen molar-refractivity contribution >= 4 is 51.2 Å². The van der Waals surface area contributed by atoms with Crippen molar-refractivity contribution in [1.29, 1.82) is 5.26 Å². The molecule has 0 saturated heterocycles. The van der Waals surface area contributed by atoms with Crippen molar-refractivity contribution in [2.24, 2.45) is 4.99 Å². The second kappa shape index (κ2) is 6.61. The van der Waals surface area contributed by atoms with Crippen LogP contribution in [0.1, 0.15) is 15.9 Å². The van der Waals surface area contributed by atoms with E-state index in [0.717, 1.165) is 9.13 Å². The Morgan fingerprint density at radius 1 is 1.61 bits per heavy atom. The number of aromatic carboxylic acids is 1. The van der Waals surface area contributed by atoms with Gasteiger partial charge in [-0.15, -0.1) is 0 Å². The van der Waals surface area contributed by atoms with Gasteiger partial charge in [0, 0.05) is 3.57 Å². The summed E-state index contributed by atoms with van der Waals surface area (Å²) in [5.41, 5.74) is 1.26. The lowest BCUT2D eigenvalue weighted by atomic mass is 10.1. The number of nitrogens with zero attached hydrogens (tertiary/aromatic N) is 2. The summed E-state index contributed by atoms with van der Waals surface area (Å²) in [5.74, 6) is -1.03. The fraction of sp³-hybridized carbons (Fsp3) is 0.182. The number of hydrogen-bond acceptors (Lipinski definition) is 4. The standard InChI is InChI=1S/C11H10IN3O2S/c1-6-3-7(12)4-8(10(16)17)9(6)15-11(18-2)14-5-13/h3-4H,1-2H3,(H,14,15)(H,16,17). The number of aryl methyl sites for hydroxylation is 1. The van der Waals surface area contributed by atoms with E-state index in [1.54, 1.807) is 25.4 Å². The molecule has 5 nitrogen and oxygen atoms in total. The quantitative estimate of drug-likeness (QED) is 0.273. The summed E-state index contributed by atoms with van der Waals surface area (Å²) < 4.78 is 0.834. The van der Waals surface area contributed by atoms with Crippen LogP contribution >= 0.6 is 34.4 Å². The Morgan fingerprint density at radius 3 is 2.78 bits per heavy atom. The molecule has 0 radical (unpaired) electrons. The van der Waals surface area contributed by atoms with E-state index < -0.39 is 5.97 Å². The molecule has 0 aliphatic rings. The summed E-state index contributed by atoms with van der Waals surface area (Å²) in [6.45, 7) is 1.79. The number of carbonyl (C=O) groups is 1. The molecule has 0 unspecified atom stereocenters. The molecule has 0 heterocycles. The van der Waals surface area contributed by atoms with Gasteiger partial charge in [0.25, 0.3) is 0 Å². The van der Waals surface area contributed by atoms with Crippen molar-refractivity contribution in [3.63, 3.8) is 0 Å². The average Bonchev–Trinajstić information content (AvgIpc) is 2.30. The van der Waals surface area contributed by atoms with E-state index in [1.165, 1.54) is 11.8 Å². The smallest absolute Gasteiger partial charge is 0.337 e. The Balaban J connectivity index is 3.39. The second-order valence-electron chi connectivity index (χ2n) is 3.28. The zero-order chi connectivity index (χ0) is 13.7. The van der Waals surface area contributed by atoms with Crippen LogP contribution in [0, 0.1) is 21.9 Å². The van der Waals surface area contributed by atoms with Gasteiger partial charge in [0.2, 0.25) is 0 Å². The molecule has 0 aromatic heterocycles. The number of amidine groups is 1. The maximum atomic E-state index is 11.2. The van der Waals surface area contributed by atoms with Gasteiger partial charge in [-0.25, -0.2) is 9.79 Å². The molecule has 1 rings (SSSR count). The van der Waals surface area contributed by atoms with Crippen LogP contribution in [0.5, 0.6) is 0 Å². The molecule has 0 amide bonds. The predicted molar refractivity (Wildman–Crippen MR) is 80.2 cm³/mol. The first kappa shape index (κ1) is 14.8. The van der Waals surface area contributed by atoms with Gasteiger partial charge in [-0.05, 0) is 53.5 Å². The third kappa shape index (κ3) is 3.61. The minimum atomic E-state index is -1.03. The van der Waals surface area contributed by atoms with Gasteiger partial charge in [0.1, 0.15) is 0 Å². The Kier molecular flexibility index (Phi) is 5.43. The van der Waals surface area contributed by atoms with Crippen LogP contribution in [0.2, 0.25) is 0 Å². The van der Waals surface area contributed by atoms with Gasteiger partial charge < -0.3 is 5.11 Å². The first-order valence-electron chi connectivity index (χ1n) is 4.80. The molecule has 0 fully saturated rings. The highest BCUT2D eigenvalue weighted by Gasteiger charge is 2.14. The number of thioether (sulfide) groups is 1. The zero-order valence-electron chi connectivity index (χ0n) is 9.69. The molecule has 0 atom stereocenters. The van der Waals surface area contributed by atoms with Crippen LogP contribution in [0.4, 0.5) is 5.69 Å². The lowest BCUT2D eigenvalue weighted by Gasteiger charge is -2.08. The highest BCUT2D eigenvalue weighted by Crippen LogP contribution is 2.27. The van der Waals surface area contributed by atoms with Gasteiger partial charge in [-0.1, -0.05) is 11.8 Å². The molecule has 18 heavy (non-hydrogen) atoms. The third-order valence-electron chi connectivity index (χ3n) is 2.07. The molecule has 0 saturated carbocycles. The lowest BCUT2D eigenvalue weighted by molar-refractivity contribution is 0.0697. The van der Waals surface area contributed by atoms with E-state index in [9.17, 15) is 4.79 Å². The van der Waals surface area contributed by atoms with Crippen LogP contribution < -0.4 is 5.32 Å². The number of benzene rings is 1. The first-order valence-corrected chi connectivity index (χ1v) is 7.11. The normalized spacial score (nSPS) is 10.9. The van der Waals surface area contributed by atoms with Gasteiger partial charge in [0.05, 0.1) is 11.3 Å². The van der Waals surface area contributed by atoms with E-state index in [2.05, 4.69) is 32.9 Å². The molecule has 94 valence electrons. The SMILES string of the molecule is CSC(=Nc1c(C)cc(I)cc1C(=O)O)NC#N. The van der Waals surface area contributed by atoms with Crippen molar-refractivity contribution in [2.45, 2.75) is 6.92 Å². The summed E-state index contributed by atoms with van der Waals surface area (Å²) in [6.07, 6.45) is 3.52. The molecule has 1 aromatic carbocycles.